The number of rotatable bonds is 2. The van der Waals surface area contributed by atoms with Gasteiger partial charge in [0.2, 0.25) is 0 Å². The van der Waals surface area contributed by atoms with Crippen molar-refractivity contribution in [3.8, 4) is 0 Å². The molecular formula is C32H60. The molecule has 0 heteroatoms. The van der Waals surface area contributed by atoms with E-state index in [1.807, 2.05) is 0 Å². The molecule has 0 N–H and O–H groups in total. The molecule has 0 radical (unpaired) electrons. The lowest BCUT2D eigenvalue weighted by Crippen LogP contribution is -2.36. The molecule has 0 aliphatic heterocycles. The van der Waals surface area contributed by atoms with E-state index in [0.29, 0.717) is 5.41 Å². The molecule has 0 aromatic carbocycles. The van der Waals surface area contributed by atoms with Gasteiger partial charge in [0, 0.05) is 0 Å². The summed E-state index contributed by atoms with van der Waals surface area (Å²) in [5, 5.41) is 0. The maximum atomic E-state index is 2.64. The predicted octanol–water partition coefficient (Wildman–Crippen LogP) is 9.83. The lowest BCUT2D eigenvalue weighted by molar-refractivity contribution is 0.0538. The molecule has 0 nitrogen and oxygen atoms in total. The second-order valence-corrected chi connectivity index (χ2v) is 15.4. The average Bonchev–Trinajstić information content (AvgIpc) is 3.09. The molecule has 4 rings (SSSR count). The van der Waals surface area contributed by atoms with Crippen LogP contribution in [0.4, 0.5) is 0 Å². The highest BCUT2D eigenvalue weighted by atomic mass is 14.6. The first-order valence-electron chi connectivity index (χ1n) is 14.7. The van der Waals surface area contributed by atoms with Crippen molar-refractivity contribution in [2.24, 2.45) is 88.3 Å². The second-order valence-electron chi connectivity index (χ2n) is 15.4. The standard InChI is InChI=1S/C27H48.C5H12/c1-14-9-11-16(3)26-22(18(5)20(7)24(14)26)13-23-19(6)21(8)25-15(2)10-12-17(4)27(23)25;1-5(2,3)4/h14-27H,9-13H2,1-8H3;1-4H3. The number of fused-ring (bicyclic) bond motifs is 2. The van der Waals surface area contributed by atoms with E-state index in [4.69, 9.17) is 0 Å². The first-order valence-corrected chi connectivity index (χ1v) is 14.7. The Morgan fingerprint density at radius 1 is 0.438 bits per heavy atom. The minimum absolute atomic E-state index is 0.500. The van der Waals surface area contributed by atoms with Gasteiger partial charge in [0.15, 0.2) is 0 Å². The van der Waals surface area contributed by atoms with Gasteiger partial charge in [-0.15, -0.1) is 0 Å². The van der Waals surface area contributed by atoms with Crippen molar-refractivity contribution in [3.05, 3.63) is 0 Å². The van der Waals surface area contributed by atoms with Crippen LogP contribution in [-0.2, 0) is 0 Å². The van der Waals surface area contributed by atoms with Gasteiger partial charge in [-0.1, -0.05) is 109 Å². The molecular weight excluding hydrogens is 384 g/mol. The van der Waals surface area contributed by atoms with Crippen molar-refractivity contribution < 1.29 is 0 Å². The number of hydrogen-bond acceptors (Lipinski definition) is 0. The third kappa shape index (κ3) is 5.15. The molecule has 0 saturated heterocycles. The molecule has 4 fully saturated rings. The van der Waals surface area contributed by atoms with Gasteiger partial charge in [-0.3, -0.25) is 0 Å². The van der Waals surface area contributed by atoms with Crippen LogP contribution in [0.25, 0.3) is 0 Å². The van der Waals surface area contributed by atoms with Crippen molar-refractivity contribution >= 4 is 0 Å². The summed E-state index contributed by atoms with van der Waals surface area (Å²) in [6, 6.07) is 0. The molecule has 14 atom stereocenters. The molecule has 0 spiro atoms. The summed E-state index contributed by atoms with van der Waals surface area (Å²) in [5.41, 5.74) is 0.500. The van der Waals surface area contributed by atoms with Crippen molar-refractivity contribution in [1.29, 1.82) is 0 Å². The Kier molecular flexibility index (Phi) is 8.26. The van der Waals surface area contributed by atoms with Gasteiger partial charge in [0.05, 0.1) is 0 Å². The minimum atomic E-state index is 0.500. The van der Waals surface area contributed by atoms with Crippen LogP contribution in [0.3, 0.4) is 0 Å². The lowest BCUT2D eigenvalue weighted by Gasteiger charge is -2.43. The molecule has 0 aromatic rings. The fourth-order valence-electron chi connectivity index (χ4n) is 9.73. The van der Waals surface area contributed by atoms with Crippen LogP contribution in [0.5, 0.6) is 0 Å². The lowest BCUT2D eigenvalue weighted by atomic mass is 9.62. The number of hydrogen-bond donors (Lipinski definition) is 0. The Morgan fingerprint density at radius 3 is 0.969 bits per heavy atom. The predicted molar refractivity (Wildman–Crippen MR) is 142 cm³/mol. The summed E-state index contributed by atoms with van der Waals surface area (Å²) < 4.78 is 0. The van der Waals surface area contributed by atoms with Gasteiger partial charge < -0.3 is 0 Å². The van der Waals surface area contributed by atoms with Crippen molar-refractivity contribution in [2.75, 3.05) is 0 Å². The molecule has 0 bridgehead atoms. The Balaban J connectivity index is 0.000000523. The van der Waals surface area contributed by atoms with Crippen LogP contribution in [-0.4, -0.2) is 0 Å². The Hall–Kier alpha value is 0. The summed E-state index contributed by atoms with van der Waals surface area (Å²) in [7, 11) is 0. The molecule has 0 heterocycles. The Morgan fingerprint density at radius 2 is 0.688 bits per heavy atom. The van der Waals surface area contributed by atoms with Crippen LogP contribution in [0.2, 0.25) is 0 Å². The molecule has 0 amide bonds. The maximum absolute atomic E-state index is 2.64. The summed E-state index contributed by atoms with van der Waals surface area (Å²) in [4.78, 5) is 0. The quantitative estimate of drug-likeness (QED) is 0.397. The summed E-state index contributed by atoms with van der Waals surface area (Å²) in [6.07, 6.45) is 7.53. The van der Waals surface area contributed by atoms with Gasteiger partial charge in [-0.25, -0.2) is 0 Å². The first-order chi connectivity index (χ1) is 14.7. The first kappa shape index (κ1) is 26.6. The summed E-state index contributed by atoms with van der Waals surface area (Å²) in [5.74, 6) is 13.8. The molecule has 188 valence electrons. The van der Waals surface area contributed by atoms with E-state index in [1.54, 1.807) is 6.42 Å². The topological polar surface area (TPSA) is 0 Å². The third-order valence-electron chi connectivity index (χ3n) is 11.4. The highest BCUT2D eigenvalue weighted by Crippen LogP contribution is 2.62. The van der Waals surface area contributed by atoms with Crippen LogP contribution in [0.1, 0.15) is 115 Å². The van der Waals surface area contributed by atoms with Gasteiger partial charge in [0.25, 0.3) is 0 Å². The molecule has 0 aromatic heterocycles. The molecule has 4 aliphatic carbocycles. The monoisotopic (exact) mass is 444 g/mol. The van der Waals surface area contributed by atoms with Gasteiger partial charge in [-0.05, 0) is 94.7 Å². The highest BCUT2D eigenvalue weighted by Gasteiger charge is 2.56. The van der Waals surface area contributed by atoms with Gasteiger partial charge >= 0.3 is 0 Å². The van der Waals surface area contributed by atoms with E-state index in [1.165, 1.54) is 25.7 Å². The van der Waals surface area contributed by atoms with Crippen LogP contribution >= 0.6 is 0 Å². The zero-order valence-electron chi connectivity index (χ0n) is 24.1. The van der Waals surface area contributed by atoms with Gasteiger partial charge in [0.1, 0.15) is 0 Å². The fourth-order valence-corrected chi connectivity index (χ4v) is 9.73. The van der Waals surface area contributed by atoms with Crippen LogP contribution in [0, 0.1) is 88.3 Å². The summed E-state index contributed by atoms with van der Waals surface area (Å²) >= 11 is 0. The van der Waals surface area contributed by atoms with E-state index in [9.17, 15) is 0 Å². The van der Waals surface area contributed by atoms with E-state index in [2.05, 4.69) is 83.1 Å². The SMILES string of the molecule is CC(C)(C)C.CC1CCC(C)C2C(CC3C(C)C(C)C4C(C)CCC(C)C34)C(C)C(C)C12. The van der Waals surface area contributed by atoms with E-state index >= 15 is 0 Å². The largest absolute Gasteiger partial charge is 0.0622 e. The van der Waals surface area contributed by atoms with Crippen LogP contribution < -0.4 is 0 Å². The Labute approximate surface area is 203 Å². The molecule has 4 aliphatic rings. The van der Waals surface area contributed by atoms with Crippen molar-refractivity contribution in [1.82, 2.24) is 0 Å². The summed E-state index contributed by atoms with van der Waals surface area (Å²) in [6.45, 7) is 29.6. The molecule has 14 unspecified atom stereocenters. The Bertz CT molecular complexity index is 546. The van der Waals surface area contributed by atoms with E-state index in [0.717, 1.165) is 82.9 Å². The third-order valence-corrected chi connectivity index (χ3v) is 11.4. The highest BCUT2D eigenvalue weighted by molar-refractivity contribution is 5.04. The second kappa shape index (κ2) is 9.93. The average molecular weight is 445 g/mol. The van der Waals surface area contributed by atoms with E-state index in [-0.39, 0.29) is 0 Å². The minimum Gasteiger partial charge on any atom is -0.0622 e. The van der Waals surface area contributed by atoms with Crippen LogP contribution in [0.15, 0.2) is 0 Å². The van der Waals surface area contributed by atoms with Crippen molar-refractivity contribution in [2.45, 2.75) is 115 Å². The maximum Gasteiger partial charge on any atom is -0.0324 e. The normalized spacial score (nSPS) is 53.2. The zero-order valence-corrected chi connectivity index (χ0v) is 24.1. The van der Waals surface area contributed by atoms with Crippen molar-refractivity contribution in [3.63, 3.8) is 0 Å². The zero-order chi connectivity index (χ0) is 24.1. The molecule has 32 heavy (non-hydrogen) atoms. The smallest absolute Gasteiger partial charge is 0.0324 e. The molecule has 4 saturated carbocycles. The fraction of sp³-hybridized carbons (Fsp3) is 1.00. The van der Waals surface area contributed by atoms with Gasteiger partial charge in [-0.2, -0.15) is 0 Å². The van der Waals surface area contributed by atoms with E-state index < -0.39 is 0 Å².